The first-order valence-electron chi connectivity index (χ1n) is 4.81. The van der Waals surface area contributed by atoms with E-state index in [9.17, 15) is 24.5 Å². The first-order chi connectivity index (χ1) is 8.81. The Morgan fingerprint density at radius 2 is 2.00 bits per heavy atom. The molecule has 0 aromatic carbocycles. The molecular weight excluding hydrogens is 280 g/mol. The molecule has 3 N–H and O–H groups in total. The van der Waals surface area contributed by atoms with Gasteiger partial charge in [-0.15, -0.1) is 0 Å². The van der Waals surface area contributed by atoms with Gasteiger partial charge in [0.15, 0.2) is 0 Å². The zero-order chi connectivity index (χ0) is 14.6. The number of thiophene rings is 1. The van der Waals surface area contributed by atoms with Crippen LogP contribution >= 0.6 is 11.3 Å². The highest BCUT2D eigenvalue weighted by Gasteiger charge is 2.25. The Hall–Kier alpha value is -2.49. The second kappa shape index (κ2) is 5.91. The standard InChI is InChI=1S/C9H8N2O7S/c12-7(13)3-4(9(15)16)10-8(14)5-1-2-6(19-5)11(17)18/h1-2,4H,3H2,(H,10,14)(H,12,13)(H,15,16). The summed E-state index contributed by atoms with van der Waals surface area (Å²) in [6.07, 6.45) is -0.783. The lowest BCUT2D eigenvalue weighted by molar-refractivity contribution is -0.380. The van der Waals surface area contributed by atoms with Crippen molar-refractivity contribution in [2.24, 2.45) is 0 Å². The van der Waals surface area contributed by atoms with E-state index >= 15 is 0 Å². The third-order valence-corrected chi connectivity index (χ3v) is 3.01. The number of hydrogen-bond acceptors (Lipinski definition) is 6. The van der Waals surface area contributed by atoms with E-state index in [2.05, 4.69) is 0 Å². The minimum absolute atomic E-state index is 0.0664. The molecule has 1 atom stereocenters. The summed E-state index contributed by atoms with van der Waals surface area (Å²) in [4.78, 5) is 42.4. The predicted molar refractivity (Wildman–Crippen MR) is 62.1 cm³/mol. The number of hydrogen-bond donors (Lipinski definition) is 3. The van der Waals surface area contributed by atoms with Crippen LogP contribution in [0, 0.1) is 10.1 Å². The van der Waals surface area contributed by atoms with E-state index in [1.807, 2.05) is 5.32 Å². The highest BCUT2D eigenvalue weighted by Crippen LogP contribution is 2.23. The molecule has 9 nitrogen and oxygen atoms in total. The topological polar surface area (TPSA) is 147 Å². The van der Waals surface area contributed by atoms with Gasteiger partial charge < -0.3 is 15.5 Å². The van der Waals surface area contributed by atoms with Gasteiger partial charge in [-0.2, -0.15) is 0 Å². The second-order valence-corrected chi connectivity index (χ2v) is 4.42. The van der Waals surface area contributed by atoms with E-state index in [0.29, 0.717) is 11.3 Å². The smallest absolute Gasteiger partial charge is 0.326 e. The largest absolute Gasteiger partial charge is 0.481 e. The molecule has 0 bridgehead atoms. The highest BCUT2D eigenvalue weighted by molar-refractivity contribution is 7.17. The molecule has 10 heteroatoms. The monoisotopic (exact) mass is 288 g/mol. The Morgan fingerprint density at radius 3 is 2.42 bits per heavy atom. The molecule has 0 aliphatic rings. The SMILES string of the molecule is O=C(O)CC(NC(=O)c1ccc([N+](=O)[O-])s1)C(=O)O. The lowest BCUT2D eigenvalue weighted by atomic mass is 10.2. The van der Waals surface area contributed by atoms with Crippen molar-refractivity contribution in [1.82, 2.24) is 5.32 Å². The van der Waals surface area contributed by atoms with E-state index in [0.717, 1.165) is 12.1 Å². The zero-order valence-corrected chi connectivity index (χ0v) is 10.0. The summed E-state index contributed by atoms with van der Waals surface area (Å²) in [5.41, 5.74) is 0. The van der Waals surface area contributed by atoms with Crippen molar-refractivity contribution in [3.05, 3.63) is 27.1 Å². The number of carboxylic acid groups (broad SMARTS) is 2. The summed E-state index contributed by atoms with van der Waals surface area (Å²) < 4.78 is 0. The van der Waals surface area contributed by atoms with Crippen LogP contribution in [0.2, 0.25) is 0 Å². The van der Waals surface area contributed by atoms with Crippen molar-refractivity contribution in [3.8, 4) is 0 Å². The van der Waals surface area contributed by atoms with Gasteiger partial charge >= 0.3 is 16.9 Å². The quantitative estimate of drug-likeness (QED) is 0.504. The van der Waals surface area contributed by atoms with Crippen molar-refractivity contribution < 1.29 is 29.5 Å². The normalized spacial score (nSPS) is 11.6. The lowest BCUT2D eigenvalue weighted by Crippen LogP contribution is -2.41. The van der Waals surface area contributed by atoms with Gasteiger partial charge in [-0.3, -0.25) is 19.7 Å². The Morgan fingerprint density at radius 1 is 1.37 bits per heavy atom. The number of rotatable bonds is 6. The van der Waals surface area contributed by atoms with Gasteiger partial charge in [-0.1, -0.05) is 11.3 Å². The van der Waals surface area contributed by atoms with Crippen LogP contribution in [0.3, 0.4) is 0 Å². The summed E-state index contributed by atoms with van der Waals surface area (Å²) in [6, 6.07) is 0.677. The molecule has 0 fully saturated rings. The number of nitrogens with zero attached hydrogens (tertiary/aromatic N) is 1. The molecule has 19 heavy (non-hydrogen) atoms. The molecule has 1 aromatic rings. The van der Waals surface area contributed by atoms with Gasteiger partial charge in [0, 0.05) is 6.07 Å². The zero-order valence-electron chi connectivity index (χ0n) is 9.23. The lowest BCUT2D eigenvalue weighted by Gasteiger charge is -2.10. The van der Waals surface area contributed by atoms with Crippen molar-refractivity contribution in [2.75, 3.05) is 0 Å². The summed E-state index contributed by atoms with van der Waals surface area (Å²) >= 11 is 0.570. The summed E-state index contributed by atoms with van der Waals surface area (Å²) in [5.74, 6) is -3.75. The molecule has 1 rings (SSSR count). The molecule has 0 saturated carbocycles. The van der Waals surface area contributed by atoms with Crippen LogP contribution in [-0.2, 0) is 9.59 Å². The highest BCUT2D eigenvalue weighted by atomic mass is 32.1. The molecule has 0 aliphatic carbocycles. The summed E-state index contributed by atoms with van der Waals surface area (Å²) in [6.45, 7) is 0. The average molecular weight is 288 g/mol. The molecular formula is C9H8N2O7S. The van der Waals surface area contributed by atoms with Gasteiger partial charge in [0.1, 0.15) is 6.04 Å². The molecule has 102 valence electrons. The molecule has 0 aliphatic heterocycles. The third-order valence-electron chi connectivity index (χ3n) is 1.98. The fourth-order valence-electron chi connectivity index (χ4n) is 1.15. The first-order valence-corrected chi connectivity index (χ1v) is 5.62. The maximum atomic E-state index is 11.6. The van der Waals surface area contributed by atoms with E-state index in [-0.39, 0.29) is 9.88 Å². The van der Waals surface area contributed by atoms with Crippen LogP contribution in [0.1, 0.15) is 16.1 Å². The Kier molecular flexibility index (Phi) is 4.53. The van der Waals surface area contributed by atoms with Crippen LogP contribution < -0.4 is 5.32 Å². The van der Waals surface area contributed by atoms with Gasteiger partial charge in [-0.05, 0) is 6.07 Å². The maximum Gasteiger partial charge on any atom is 0.326 e. The summed E-state index contributed by atoms with van der Waals surface area (Å²) in [5, 5.41) is 29.4. The molecule has 1 amide bonds. The van der Waals surface area contributed by atoms with Crippen molar-refractivity contribution in [1.29, 1.82) is 0 Å². The van der Waals surface area contributed by atoms with Crippen LogP contribution in [0.25, 0.3) is 0 Å². The van der Waals surface area contributed by atoms with Gasteiger partial charge in [-0.25, -0.2) is 4.79 Å². The van der Waals surface area contributed by atoms with Crippen molar-refractivity contribution >= 4 is 34.2 Å². The average Bonchev–Trinajstić information content (AvgIpc) is 2.76. The van der Waals surface area contributed by atoms with Crippen LogP contribution in [0.5, 0.6) is 0 Å². The molecule has 0 saturated heterocycles. The third kappa shape index (κ3) is 4.03. The Balaban J connectivity index is 2.78. The van der Waals surface area contributed by atoms with E-state index in [4.69, 9.17) is 10.2 Å². The fourth-order valence-corrected chi connectivity index (χ4v) is 1.88. The number of amides is 1. The number of carbonyl (C=O) groups excluding carboxylic acids is 1. The molecule has 1 aromatic heterocycles. The predicted octanol–water partition coefficient (Wildman–Crippen LogP) is 0.314. The number of aliphatic carboxylic acids is 2. The second-order valence-electron chi connectivity index (χ2n) is 3.36. The van der Waals surface area contributed by atoms with E-state index in [1.165, 1.54) is 0 Å². The van der Waals surface area contributed by atoms with Gasteiger partial charge in [0.25, 0.3) is 5.91 Å². The summed E-state index contributed by atoms with van der Waals surface area (Å²) in [7, 11) is 0. The molecule has 1 unspecified atom stereocenters. The van der Waals surface area contributed by atoms with Crippen molar-refractivity contribution in [2.45, 2.75) is 12.5 Å². The van der Waals surface area contributed by atoms with Crippen molar-refractivity contribution in [3.63, 3.8) is 0 Å². The number of nitrogens with one attached hydrogen (secondary N) is 1. The Labute approximate surface area is 109 Å². The fraction of sp³-hybridized carbons (Fsp3) is 0.222. The van der Waals surface area contributed by atoms with Gasteiger partial charge in [0.2, 0.25) is 0 Å². The van der Waals surface area contributed by atoms with Gasteiger partial charge in [0.05, 0.1) is 16.2 Å². The maximum absolute atomic E-state index is 11.6. The molecule has 1 heterocycles. The molecule has 0 radical (unpaired) electrons. The first kappa shape index (κ1) is 14.6. The number of carbonyl (C=O) groups is 3. The number of nitro groups is 1. The number of carboxylic acids is 2. The minimum atomic E-state index is -1.59. The van der Waals surface area contributed by atoms with Crippen LogP contribution in [0.15, 0.2) is 12.1 Å². The van der Waals surface area contributed by atoms with Crippen LogP contribution in [0.4, 0.5) is 5.00 Å². The minimum Gasteiger partial charge on any atom is -0.481 e. The van der Waals surface area contributed by atoms with E-state index < -0.39 is 35.2 Å². The van der Waals surface area contributed by atoms with Crippen LogP contribution in [-0.4, -0.2) is 39.0 Å². The van der Waals surface area contributed by atoms with E-state index in [1.54, 1.807) is 0 Å². The Bertz CT molecular complexity index is 538. The molecule has 0 spiro atoms.